The van der Waals surface area contributed by atoms with E-state index in [0.29, 0.717) is 0 Å². The third-order valence-electron chi connectivity index (χ3n) is 4.97. The molecule has 1 aromatic rings. The second kappa shape index (κ2) is 6.45. The molecule has 2 fully saturated rings. The van der Waals surface area contributed by atoms with E-state index in [1.807, 2.05) is 0 Å². The summed E-state index contributed by atoms with van der Waals surface area (Å²) in [5, 5.41) is 3.85. The van der Waals surface area contributed by atoms with Crippen LogP contribution >= 0.6 is 0 Å². The van der Waals surface area contributed by atoms with E-state index in [1.54, 1.807) is 5.56 Å². The smallest absolute Gasteiger partial charge is 0.0377 e. The van der Waals surface area contributed by atoms with Gasteiger partial charge in [0.2, 0.25) is 0 Å². The zero-order chi connectivity index (χ0) is 12.9. The summed E-state index contributed by atoms with van der Waals surface area (Å²) < 4.78 is 0. The summed E-state index contributed by atoms with van der Waals surface area (Å²) in [6.45, 7) is 0. The Morgan fingerprint density at radius 2 is 1.37 bits per heavy atom. The molecule has 0 saturated heterocycles. The van der Waals surface area contributed by atoms with Gasteiger partial charge in [0, 0.05) is 11.7 Å². The van der Waals surface area contributed by atoms with Crippen LogP contribution < -0.4 is 5.32 Å². The highest BCUT2D eigenvalue weighted by molar-refractivity contribution is 5.53. The molecule has 2 aliphatic carbocycles. The molecule has 1 aromatic carbocycles. The van der Waals surface area contributed by atoms with Crippen molar-refractivity contribution < 1.29 is 0 Å². The molecule has 3 rings (SSSR count). The van der Waals surface area contributed by atoms with Crippen LogP contribution in [-0.2, 0) is 0 Å². The molecule has 2 aliphatic rings. The minimum atomic E-state index is 0.721. The average molecular weight is 257 g/mol. The van der Waals surface area contributed by atoms with E-state index in [-0.39, 0.29) is 0 Å². The molecular weight excluding hydrogens is 230 g/mol. The molecule has 2 saturated carbocycles. The van der Waals surface area contributed by atoms with E-state index < -0.39 is 0 Å². The van der Waals surface area contributed by atoms with Crippen molar-refractivity contribution in [1.82, 2.24) is 0 Å². The Morgan fingerprint density at radius 3 is 2.11 bits per heavy atom. The molecule has 0 unspecified atom stereocenters. The summed E-state index contributed by atoms with van der Waals surface area (Å²) in [5.41, 5.74) is 3.02. The maximum Gasteiger partial charge on any atom is 0.0377 e. The molecule has 0 bridgehead atoms. The topological polar surface area (TPSA) is 12.0 Å². The third-order valence-corrected chi connectivity index (χ3v) is 4.97. The Balaban J connectivity index is 1.72. The van der Waals surface area contributed by atoms with Gasteiger partial charge < -0.3 is 5.32 Å². The second-order valence-corrected chi connectivity index (χ2v) is 6.40. The van der Waals surface area contributed by atoms with E-state index in [0.717, 1.165) is 12.0 Å². The quantitative estimate of drug-likeness (QED) is 0.756. The van der Waals surface area contributed by atoms with Crippen LogP contribution in [0.2, 0.25) is 0 Å². The van der Waals surface area contributed by atoms with Gasteiger partial charge in [-0.05, 0) is 43.2 Å². The van der Waals surface area contributed by atoms with Crippen molar-refractivity contribution in [2.45, 2.75) is 76.2 Å². The Morgan fingerprint density at radius 1 is 0.737 bits per heavy atom. The lowest BCUT2D eigenvalue weighted by Crippen LogP contribution is -2.23. The van der Waals surface area contributed by atoms with Crippen LogP contribution in [0.5, 0.6) is 0 Å². The molecule has 0 amide bonds. The van der Waals surface area contributed by atoms with Gasteiger partial charge in [-0.25, -0.2) is 0 Å². The van der Waals surface area contributed by atoms with E-state index in [1.165, 1.54) is 69.9 Å². The highest BCUT2D eigenvalue weighted by Gasteiger charge is 2.20. The van der Waals surface area contributed by atoms with Crippen molar-refractivity contribution in [1.29, 1.82) is 0 Å². The first-order valence-electron chi connectivity index (χ1n) is 8.29. The first-order chi connectivity index (χ1) is 9.43. The van der Waals surface area contributed by atoms with Gasteiger partial charge in [0.05, 0.1) is 0 Å². The van der Waals surface area contributed by atoms with Crippen LogP contribution in [0, 0.1) is 0 Å². The fourth-order valence-electron chi connectivity index (χ4n) is 3.86. The van der Waals surface area contributed by atoms with Gasteiger partial charge in [-0.3, -0.25) is 0 Å². The predicted octanol–water partition coefficient (Wildman–Crippen LogP) is 5.48. The lowest BCUT2D eigenvalue weighted by molar-refractivity contribution is 0.441. The maximum atomic E-state index is 3.85. The number of benzene rings is 1. The van der Waals surface area contributed by atoms with Gasteiger partial charge in [0.15, 0.2) is 0 Å². The monoisotopic (exact) mass is 257 g/mol. The summed E-state index contributed by atoms with van der Waals surface area (Å²) in [6.07, 6.45) is 14.0. The van der Waals surface area contributed by atoms with Crippen molar-refractivity contribution in [3.63, 3.8) is 0 Å². The zero-order valence-electron chi connectivity index (χ0n) is 12.0. The molecule has 104 valence electrons. The molecule has 0 atom stereocenters. The second-order valence-electron chi connectivity index (χ2n) is 6.40. The van der Waals surface area contributed by atoms with Gasteiger partial charge in [0.1, 0.15) is 0 Å². The van der Waals surface area contributed by atoms with Crippen LogP contribution in [0.25, 0.3) is 0 Å². The Bertz CT molecular complexity index is 386. The summed E-state index contributed by atoms with van der Waals surface area (Å²) >= 11 is 0. The first-order valence-corrected chi connectivity index (χ1v) is 8.29. The first kappa shape index (κ1) is 13.0. The lowest BCUT2D eigenvalue weighted by Gasteiger charge is -2.28. The number of para-hydroxylation sites is 1. The SMILES string of the molecule is c1ccc(C2CCCCC2)c(NC2CCCCC2)c1. The van der Waals surface area contributed by atoms with Gasteiger partial charge in [-0.15, -0.1) is 0 Å². The number of nitrogens with one attached hydrogen (secondary N) is 1. The summed E-state index contributed by atoms with van der Waals surface area (Å²) in [5.74, 6) is 0.807. The van der Waals surface area contributed by atoms with Crippen molar-refractivity contribution in [2.24, 2.45) is 0 Å². The fourth-order valence-corrected chi connectivity index (χ4v) is 3.86. The van der Waals surface area contributed by atoms with Crippen LogP contribution in [0.1, 0.15) is 75.7 Å². The molecular formula is C18H27N. The summed E-state index contributed by atoms with van der Waals surface area (Å²) in [7, 11) is 0. The molecule has 0 aliphatic heterocycles. The summed E-state index contributed by atoms with van der Waals surface area (Å²) in [6, 6.07) is 9.80. The molecule has 0 heterocycles. The van der Waals surface area contributed by atoms with Crippen LogP contribution in [0.3, 0.4) is 0 Å². The maximum absolute atomic E-state index is 3.85. The van der Waals surface area contributed by atoms with Crippen molar-refractivity contribution in [3.8, 4) is 0 Å². The fraction of sp³-hybridized carbons (Fsp3) is 0.667. The molecule has 1 nitrogen and oxygen atoms in total. The largest absolute Gasteiger partial charge is 0.382 e. The molecule has 0 spiro atoms. The van der Waals surface area contributed by atoms with Crippen molar-refractivity contribution in [3.05, 3.63) is 29.8 Å². The average Bonchev–Trinajstić information content (AvgIpc) is 2.50. The van der Waals surface area contributed by atoms with Crippen LogP contribution in [-0.4, -0.2) is 6.04 Å². The lowest BCUT2D eigenvalue weighted by atomic mass is 9.83. The Hall–Kier alpha value is -0.980. The number of hydrogen-bond donors (Lipinski definition) is 1. The molecule has 1 heteroatoms. The minimum Gasteiger partial charge on any atom is -0.382 e. The number of anilines is 1. The van der Waals surface area contributed by atoms with Crippen LogP contribution in [0.15, 0.2) is 24.3 Å². The van der Waals surface area contributed by atoms with Gasteiger partial charge in [0.25, 0.3) is 0 Å². The summed E-state index contributed by atoms with van der Waals surface area (Å²) in [4.78, 5) is 0. The normalized spacial score (nSPS) is 22.3. The van der Waals surface area contributed by atoms with Gasteiger partial charge in [-0.1, -0.05) is 56.7 Å². The highest BCUT2D eigenvalue weighted by atomic mass is 14.9. The van der Waals surface area contributed by atoms with E-state index in [9.17, 15) is 0 Å². The van der Waals surface area contributed by atoms with E-state index in [4.69, 9.17) is 0 Å². The number of rotatable bonds is 3. The standard InChI is InChI=1S/C18H27N/c1-3-9-15(10-4-1)17-13-7-8-14-18(17)19-16-11-5-2-6-12-16/h7-8,13-16,19H,1-6,9-12H2. The Labute approximate surface area is 117 Å². The highest BCUT2D eigenvalue weighted by Crippen LogP contribution is 2.37. The van der Waals surface area contributed by atoms with Gasteiger partial charge in [-0.2, -0.15) is 0 Å². The molecule has 0 aromatic heterocycles. The van der Waals surface area contributed by atoms with Gasteiger partial charge >= 0.3 is 0 Å². The van der Waals surface area contributed by atoms with E-state index >= 15 is 0 Å². The zero-order valence-corrected chi connectivity index (χ0v) is 12.0. The van der Waals surface area contributed by atoms with Crippen LogP contribution in [0.4, 0.5) is 5.69 Å². The van der Waals surface area contributed by atoms with E-state index in [2.05, 4.69) is 29.6 Å². The molecule has 19 heavy (non-hydrogen) atoms. The van der Waals surface area contributed by atoms with Crippen molar-refractivity contribution >= 4 is 5.69 Å². The number of hydrogen-bond acceptors (Lipinski definition) is 1. The molecule has 1 N–H and O–H groups in total. The van der Waals surface area contributed by atoms with Crippen molar-refractivity contribution in [2.75, 3.05) is 5.32 Å². The molecule has 0 radical (unpaired) electrons. The minimum absolute atomic E-state index is 0.721. The Kier molecular flexibility index (Phi) is 4.42. The third kappa shape index (κ3) is 3.32. The predicted molar refractivity (Wildman–Crippen MR) is 82.8 cm³/mol.